The van der Waals surface area contributed by atoms with E-state index < -0.39 is 5.91 Å². The van der Waals surface area contributed by atoms with Crippen molar-refractivity contribution in [1.82, 2.24) is 14.8 Å². The van der Waals surface area contributed by atoms with Crippen molar-refractivity contribution in [3.63, 3.8) is 0 Å². The molecule has 4 rings (SSSR count). The number of rotatable bonds is 4. The molecule has 3 heterocycles. The fraction of sp³-hybridized carbons (Fsp3) is 0.522. The zero-order valence-corrected chi connectivity index (χ0v) is 17.0. The number of primary amides is 1. The number of nitrogens with two attached hydrogens (primary N) is 1. The van der Waals surface area contributed by atoms with E-state index in [9.17, 15) is 9.59 Å². The van der Waals surface area contributed by atoms with Crippen molar-refractivity contribution in [3.05, 3.63) is 41.6 Å². The van der Waals surface area contributed by atoms with Crippen molar-refractivity contribution in [2.45, 2.75) is 44.4 Å². The lowest BCUT2D eigenvalue weighted by molar-refractivity contribution is -0.133. The summed E-state index contributed by atoms with van der Waals surface area (Å²) in [4.78, 5) is 34.1. The van der Waals surface area contributed by atoms with Gasteiger partial charge in [0.25, 0.3) is 5.91 Å². The van der Waals surface area contributed by atoms with Gasteiger partial charge in [0.2, 0.25) is 5.91 Å². The van der Waals surface area contributed by atoms with Gasteiger partial charge in [-0.3, -0.25) is 19.5 Å². The number of para-hydroxylation sites is 1. The summed E-state index contributed by atoms with van der Waals surface area (Å²) in [5.41, 5.74) is 7.76. The van der Waals surface area contributed by atoms with Crippen LogP contribution in [-0.2, 0) is 4.79 Å². The normalized spacial score (nSPS) is 21.1. The second kappa shape index (κ2) is 8.91. The maximum Gasteiger partial charge on any atom is 0.250 e. The van der Waals surface area contributed by atoms with E-state index in [-0.39, 0.29) is 11.8 Å². The first-order valence-electron chi connectivity index (χ1n) is 10.8. The van der Waals surface area contributed by atoms with E-state index in [0.717, 1.165) is 49.1 Å². The lowest BCUT2D eigenvalue weighted by Crippen LogP contribution is -2.45. The predicted octanol–water partition coefficient (Wildman–Crippen LogP) is 2.92. The monoisotopic (exact) mass is 394 g/mol. The molecule has 2 aliphatic rings. The van der Waals surface area contributed by atoms with Crippen molar-refractivity contribution in [2.24, 2.45) is 5.73 Å². The van der Waals surface area contributed by atoms with E-state index in [1.165, 1.54) is 25.7 Å². The van der Waals surface area contributed by atoms with Crippen molar-refractivity contribution in [1.29, 1.82) is 0 Å². The number of benzene rings is 1. The van der Waals surface area contributed by atoms with Crippen LogP contribution in [0.1, 0.15) is 60.5 Å². The van der Waals surface area contributed by atoms with Crippen molar-refractivity contribution in [3.8, 4) is 0 Å². The van der Waals surface area contributed by atoms with Crippen LogP contribution in [0.4, 0.5) is 0 Å². The first-order valence-corrected chi connectivity index (χ1v) is 10.8. The molecule has 0 bridgehead atoms. The quantitative estimate of drug-likeness (QED) is 0.865. The van der Waals surface area contributed by atoms with Gasteiger partial charge in [0.15, 0.2) is 0 Å². The molecule has 6 nitrogen and oxygen atoms in total. The molecule has 2 saturated heterocycles. The minimum absolute atomic E-state index is 0.0453. The van der Waals surface area contributed by atoms with Crippen LogP contribution in [-0.4, -0.2) is 59.3 Å². The van der Waals surface area contributed by atoms with Crippen LogP contribution in [0.25, 0.3) is 10.9 Å². The third-order valence-corrected chi connectivity index (χ3v) is 6.24. The van der Waals surface area contributed by atoms with E-state index in [0.29, 0.717) is 18.7 Å². The maximum absolute atomic E-state index is 13.0. The molecule has 2 N–H and O–H groups in total. The number of likely N-dealkylation sites (tertiary alicyclic amines) is 2. The molecule has 0 radical (unpaired) electrons. The van der Waals surface area contributed by atoms with E-state index in [1.807, 2.05) is 35.2 Å². The van der Waals surface area contributed by atoms with Gasteiger partial charge in [-0.05, 0) is 50.9 Å². The van der Waals surface area contributed by atoms with Gasteiger partial charge in [0.1, 0.15) is 0 Å². The molecule has 0 aliphatic carbocycles. The minimum Gasteiger partial charge on any atom is -0.366 e. The molecule has 2 fully saturated rings. The number of fused-ring (bicyclic) bond motifs is 1. The number of hydrogen-bond acceptors (Lipinski definition) is 4. The molecule has 2 amide bonds. The number of aromatic nitrogens is 1. The molecule has 1 unspecified atom stereocenters. The van der Waals surface area contributed by atoms with Crippen LogP contribution in [0.3, 0.4) is 0 Å². The highest BCUT2D eigenvalue weighted by atomic mass is 16.2. The largest absolute Gasteiger partial charge is 0.366 e. The maximum atomic E-state index is 13.0. The zero-order valence-electron chi connectivity index (χ0n) is 17.0. The lowest BCUT2D eigenvalue weighted by Gasteiger charge is -2.34. The molecule has 1 aromatic heterocycles. The van der Waals surface area contributed by atoms with Crippen LogP contribution in [0, 0.1) is 0 Å². The Kier molecular flexibility index (Phi) is 6.09. The van der Waals surface area contributed by atoms with Gasteiger partial charge in [-0.2, -0.15) is 0 Å². The Morgan fingerprint density at radius 1 is 1.03 bits per heavy atom. The molecular formula is C23H30N4O2. The molecular weight excluding hydrogens is 364 g/mol. The fourth-order valence-electron chi connectivity index (χ4n) is 4.65. The van der Waals surface area contributed by atoms with Crippen LogP contribution in [0.15, 0.2) is 30.3 Å². The summed E-state index contributed by atoms with van der Waals surface area (Å²) >= 11 is 0. The molecule has 2 aliphatic heterocycles. The number of pyridine rings is 1. The highest BCUT2D eigenvalue weighted by Gasteiger charge is 2.29. The van der Waals surface area contributed by atoms with E-state index in [2.05, 4.69) is 4.90 Å². The van der Waals surface area contributed by atoms with Gasteiger partial charge in [-0.25, -0.2) is 0 Å². The molecule has 2 aromatic rings. The number of piperidine rings is 1. The number of nitrogens with zero attached hydrogens (tertiary/aromatic N) is 3. The summed E-state index contributed by atoms with van der Waals surface area (Å²) in [6.45, 7) is 3.92. The van der Waals surface area contributed by atoms with Gasteiger partial charge < -0.3 is 10.6 Å². The average Bonchev–Trinajstić information content (AvgIpc) is 3.01. The van der Waals surface area contributed by atoms with Crippen LogP contribution in [0.2, 0.25) is 0 Å². The second-order valence-corrected chi connectivity index (χ2v) is 8.35. The van der Waals surface area contributed by atoms with Crippen LogP contribution >= 0.6 is 0 Å². The highest BCUT2D eigenvalue weighted by molar-refractivity contribution is 5.97. The summed E-state index contributed by atoms with van der Waals surface area (Å²) in [7, 11) is 0. The lowest BCUT2D eigenvalue weighted by atomic mass is 9.90. The van der Waals surface area contributed by atoms with Gasteiger partial charge >= 0.3 is 0 Å². The number of hydrogen-bond donors (Lipinski definition) is 1. The summed E-state index contributed by atoms with van der Waals surface area (Å²) in [6, 6.07) is 9.61. The Bertz CT molecular complexity index is 890. The van der Waals surface area contributed by atoms with Crippen molar-refractivity contribution in [2.75, 3.05) is 32.7 Å². The Labute approximate surface area is 172 Å². The summed E-state index contributed by atoms with van der Waals surface area (Å²) < 4.78 is 0. The average molecular weight is 395 g/mol. The minimum atomic E-state index is -0.453. The first kappa shape index (κ1) is 19.8. The highest BCUT2D eigenvalue weighted by Crippen LogP contribution is 2.30. The van der Waals surface area contributed by atoms with E-state index in [1.54, 1.807) is 0 Å². The molecule has 0 spiro atoms. The molecule has 1 aromatic carbocycles. The van der Waals surface area contributed by atoms with E-state index in [4.69, 9.17) is 10.7 Å². The van der Waals surface area contributed by atoms with Gasteiger partial charge in [0, 0.05) is 24.4 Å². The molecule has 0 saturated carbocycles. The number of amides is 2. The molecule has 154 valence electrons. The standard InChI is InChI=1S/C23H30N4O2/c24-23(29)19-14-17-8-3-4-10-20(17)25-22(19)18-9-7-13-27(15-18)21(28)16-26-11-5-1-2-6-12-26/h3-4,8,10,14,18H,1-2,5-7,9,11-13,15-16H2,(H2,24,29). The summed E-state index contributed by atoms with van der Waals surface area (Å²) in [5, 5.41) is 0.912. The number of carbonyl (C=O) groups excluding carboxylic acids is 2. The number of carbonyl (C=O) groups is 2. The molecule has 6 heteroatoms. The smallest absolute Gasteiger partial charge is 0.250 e. The Hall–Kier alpha value is -2.47. The fourth-order valence-corrected chi connectivity index (χ4v) is 4.65. The molecule has 29 heavy (non-hydrogen) atoms. The topological polar surface area (TPSA) is 79.5 Å². The summed E-state index contributed by atoms with van der Waals surface area (Å²) in [5.74, 6) is -0.215. The van der Waals surface area contributed by atoms with Gasteiger partial charge in [-0.1, -0.05) is 31.0 Å². The second-order valence-electron chi connectivity index (χ2n) is 8.35. The SMILES string of the molecule is NC(=O)c1cc2ccccc2nc1C1CCCN(C(=O)CN2CCCCCC2)C1. The Balaban J connectivity index is 1.52. The predicted molar refractivity (Wildman–Crippen MR) is 114 cm³/mol. The van der Waals surface area contributed by atoms with Crippen molar-refractivity contribution < 1.29 is 9.59 Å². The van der Waals surface area contributed by atoms with Crippen LogP contribution < -0.4 is 5.73 Å². The van der Waals surface area contributed by atoms with Crippen LogP contribution in [0.5, 0.6) is 0 Å². The third kappa shape index (κ3) is 4.58. The molecule has 1 atom stereocenters. The first-order chi connectivity index (χ1) is 14.1. The Morgan fingerprint density at radius 2 is 1.79 bits per heavy atom. The zero-order chi connectivity index (χ0) is 20.2. The van der Waals surface area contributed by atoms with Crippen molar-refractivity contribution >= 4 is 22.7 Å². The third-order valence-electron chi connectivity index (χ3n) is 6.24. The van der Waals surface area contributed by atoms with E-state index >= 15 is 0 Å². The van der Waals surface area contributed by atoms with Gasteiger partial charge in [-0.15, -0.1) is 0 Å². The van der Waals surface area contributed by atoms with Gasteiger partial charge in [0.05, 0.1) is 23.3 Å². The summed E-state index contributed by atoms with van der Waals surface area (Å²) in [6.07, 6.45) is 6.72. The Morgan fingerprint density at radius 3 is 2.55 bits per heavy atom.